The van der Waals surface area contributed by atoms with Gasteiger partial charge >= 0.3 is 5.97 Å². The molecule has 7 heteroatoms. The third-order valence-corrected chi connectivity index (χ3v) is 3.14. The molecule has 0 amide bonds. The molecule has 1 aliphatic heterocycles. The van der Waals surface area contributed by atoms with Gasteiger partial charge in [0.25, 0.3) is 5.69 Å². The SMILES string of the molecule is O=C1OC(c2ccc([N+](=O)[O-])cc2)=N/C1=C/c1ccccc1F. The van der Waals surface area contributed by atoms with Gasteiger partial charge < -0.3 is 4.74 Å². The van der Waals surface area contributed by atoms with E-state index in [1.807, 2.05) is 0 Å². The molecule has 0 N–H and O–H groups in total. The Hall–Kier alpha value is -3.35. The summed E-state index contributed by atoms with van der Waals surface area (Å²) in [6, 6.07) is 11.4. The van der Waals surface area contributed by atoms with Crippen LogP contribution in [0.2, 0.25) is 0 Å². The van der Waals surface area contributed by atoms with Gasteiger partial charge in [0.1, 0.15) is 5.82 Å². The number of rotatable bonds is 3. The van der Waals surface area contributed by atoms with Crippen molar-refractivity contribution in [2.45, 2.75) is 0 Å². The maximum absolute atomic E-state index is 13.6. The third-order valence-electron chi connectivity index (χ3n) is 3.14. The van der Waals surface area contributed by atoms with Crippen LogP contribution in [0.25, 0.3) is 6.08 Å². The van der Waals surface area contributed by atoms with Crippen LogP contribution < -0.4 is 0 Å². The molecule has 114 valence electrons. The third kappa shape index (κ3) is 2.98. The van der Waals surface area contributed by atoms with Crippen LogP contribution in [0, 0.1) is 15.9 Å². The number of hydrogen-bond acceptors (Lipinski definition) is 5. The highest BCUT2D eigenvalue weighted by atomic mass is 19.1. The summed E-state index contributed by atoms with van der Waals surface area (Å²) < 4.78 is 18.6. The zero-order valence-corrected chi connectivity index (χ0v) is 11.6. The van der Waals surface area contributed by atoms with Crippen molar-refractivity contribution in [1.29, 1.82) is 0 Å². The minimum atomic E-state index is -0.707. The first-order valence-electron chi connectivity index (χ1n) is 6.56. The molecule has 1 aliphatic rings. The van der Waals surface area contributed by atoms with Crippen LogP contribution in [0.5, 0.6) is 0 Å². The van der Waals surface area contributed by atoms with Gasteiger partial charge in [-0.2, -0.15) is 0 Å². The molecule has 0 saturated carbocycles. The fourth-order valence-corrected chi connectivity index (χ4v) is 2.00. The smallest absolute Gasteiger partial charge is 0.363 e. The fraction of sp³-hybridized carbons (Fsp3) is 0. The van der Waals surface area contributed by atoms with Crippen molar-refractivity contribution in [3.8, 4) is 0 Å². The Morgan fingerprint density at radius 2 is 1.83 bits per heavy atom. The monoisotopic (exact) mass is 312 g/mol. The molecule has 0 saturated heterocycles. The summed E-state index contributed by atoms with van der Waals surface area (Å²) in [5.41, 5.74) is 0.512. The Kier molecular flexibility index (Phi) is 3.68. The van der Waals surface area contributed by atoms with E-state index in [2.05, 4.69) is 4.99 Å². The van der Waals surface area contributed by atoms with E-state index < -0.39 is 16.7 Å². The van der Waals surface area contributed by atoms with Crippen LogP contribution in [0.3, 0.4) is 0 Å². The molecule has 2 aromatic rings. The largest absolute Gasteiger partial charge is 0.402 e. The predicted molar refractivity (Wildman–Crippen MR) is 80.1 cm³/mol. The average Bonchev–Trinajstić information content (AvgIpc) is 2.91. The first-order chi connectivity index (χ1) is 11.0. The van der Waals surface area contributed by atoms with Gasteiger partial charge in [0, 0.05) is 23.3 Å². The molecule has 6 nitrogen and oxygen atoms in total. The van der Waals surface area contributed by atoms with Crippen molar-refractivity contribution in [3.63, 3.8) is 0 Å². The van der Waals surface area contributed by atoms with Gasteiger partial charge in [0.2, 0.25) is 5.90 Å². The number of benzene rings is 2. The average molecular weight is 312 g/mol. The van der Waals surface area contributed by atoms with Crippen LogP contribution in [0.15, 0.2) is 59.2 Å². The van der Waals surface area contributed by atoms with Crippen LogP contribution in [-0.2, 0) is 9.53 Å². The van der Waals surface area contributed by atoms with E-state index in [1.165, 1.54) is 48.5 Å². The second kappa shape index (κ2) is 5.80. The summed E-state index contributed by atoms with van der Waals surface area (Å²) in [6.07, 6.45) is 1.29. The molecule has 0 bridgehead atoms. The van der Waals surface area contributed by atoms with E-state index in [9.17, 15) is 19.3 Å². The summed E-state index contributed by atoms with van der Waals surface area (Å²) in [6.45, 7) is 0. The zero-order chi connectivity index (χ0) is 16.4. The van der Waals surface area contributed by atoms with Crippen LogP contribution >= 0.6 is 0 Å². The Morgan fingerprint density at radius 3 is 2.48 bits per heavy atom. The lowest BCUT2D eigenvalue weighted by Gasteiger charge is -1.98. The topological polar surface area (TPSA) is 81.8 Å². The van der Waals surface area contributed by atoms with Crippen molar-refractivity contribution in [1.82, 2.24) is 0 Å². The maximum Gasteiger partial charge on any atom is 0.363 e. The first-order valence-corrected chi connectivity index (χ1v) is 6.56. The summed E-state index contributed by atoms with van der Waals surface area (Å²) >= 11 is 0. The van der Waals surface area contributed by atoms with Gasteiger partial charge in [-0.25, -0.2) is 14.2 Å². The van der Waals surface area contributed by atoms with E-state index in [0.29, 0.717) is 5.56 Å². The lowest BCUT2D eigenvalue weighted by atomic mass is 10.2. The number of carbonyl (C=O) groups is 1. The minimum Gasteiger partial charge on any atom is -0.402 e. The van der Waals surface area contributed by atoms with Crippen molar-refractivity contribution in [2.24, 2.45) is 4.99 Å². The van der Waals surface area contributed by atoms with Crippen LogP contribution in [0.4, 0.5) is 10.1 Å². The molecular formula is C16H9FN2O4. The number of ether oxygens (including phenoxy) is 1. The molecule has 0 aliphatic carbocycles. The highest BCUT2D eigenvalue weighted by Gasteiger charge is 2.24. The minimum absolute atomic E-state index is 0.0208. The van der Waals surface area contributed by atoms with E-state index in [1.54, 1.807) is 6.07 Å². The second-order valence-electron chi connectivity index (χ2n) is 4.66. The molecule has 1 heterocycles. The zero-order valence-electron chi connectivity index (χ0n) is 11.6. The summed E-state index contributed by atoms with van der Waals surface area (Å²) in [5, 5.41) is 10.6. The lowest BCUT2D eigenvalue weighted by Crippen LogP contribution is -2.05. The van der Waals surface area contributed by atoms with Crippen molar-refractivity contribution in [3.05, 3.63) is 81.3 Å². The Bertz CT molecular complexity index is 857. The fourth-order valence-electron chi connectivity index (χ4n) is 2.00. The molecule has 0 atom stereocenters. The summed E-state index contributed by atoms with van der Waals surface area (Å²) in [5.74, 6) is -1.17. The molecule has 0 unspecified atom stereocenters. The highest BCUT2D eigenvalue weighted by molar-refractivity contribution is 6.12. The Morgan fingerprint density at radius 1 is 1.13 bits per heavy atom. The first kappa shape index (κ1) is 14.6. The van der Waals surface area contributed by atoms with Crippen LogP contribution in [-0.4, -0.2) is 16.8 Å². The number of aliphatic imine (C=N–C) groups is 1. The van der Waals surface area contributed by atoms with Gasteiger partial charge in [0.05, 0.1) is 4.92 Å². The summed E-state index contributed by atoms with van der Waals surface area (Å²) in [7, 11) is 0. The normalized spacial score (nSPS) is 15.4. The number of carbonyl (C=O) groups excluding carboxylic acids is 1. The number of hydrogen-bond donors (Lipinski definition) is 0. The number of nitro groups is 1. The molecule has 2 aromatic carbocycles. The molecule has 0 radical (unpaired) electrons. The number of non-ortho nitro benzene ring substituents is 1. The van der Waals surface area contributed by atoms with Gasteiger partial charge in [-0.3, -0.25) is 10.1 Å². The van der Waals surface area contributed by atoms with E-state index >= 15 is 0 Å². The Balaban J connectivity index is 1.92. The van der Waals surface area contributed by atoms with Gasteiger partial charge in [0.15, 0.2) is 5.70 Å². The lowest BCUT2D eigenvalue weighted by molar-refractivity contribution is -0.384. The van der Waals surface area contributed by atoms with Crippen molar-refractivity contribution in [2.75, 3.05) is 0 Å². The number of esters is 1. The van der Waals surface area contributed by atoms with Crippen molar-refractivity contribution < 1.29 is 18.8 Å². The van der Waals surface area contributed by atoms with Crippen LogP contribution in [0.1, 0.15) is 11.1 Å². The van der Waals surface area contributed by atoms with E-state index in [0.717, 1.165) is 0 Å². The van der Waals surface area contributed by atoms with E-state index in [-0.39, 0.29) is 22.8 Å². The quantitative estimate of drug-likeness (QED) is 0.377. The summed E-state index contributed by atoms with van der Waals surface area (Å²) in [4.78, 5) is 25.9. The molecule has 3 rings (SSSR count). The van der Waals surface area contributed by atoms with Gasteiger partial charge in [-0.15, -0.1) is 0 Å². The van der Waals surface area contributed by atoms with Crippen molar-refractivity contribution >= 4 is 23.6 Å². The second-order valence-corrected chi connectivity index (χ2v) is 4.66. The predicted octanol–water partition coefficient (Wildman–Crippen LogP) is 3.08. The maximum atomic E-state index is 13.6. The molecule has 23 heavy (non-hydrogen) atoms. The molecular weight excluding hydrogens is 303 g/mol. The number of nitrogens with zero attached hydrogens (tertiary/aromatic N) is 2. The van der Waals surface area contributed by atoms with Gasteiger partial charge in [-0.05, 0) is 24.3 Å². The molecule has 0 fully saturated rings. The standard InChI is InChI=1S/C16H9FN2O4/c17-13-4-2-1-3-11(13)9-14-16(20)23-15(18-14)10-5-7-12(8-6-10)19(21)22/h1-9H/b14-9+. The molecule has 0 aromatic heterocycles. The van der Waals surface area contributed by atoms with Gasteiger partial charge in [-0.1, -0.05) is 18.2 Å². The van der Waals surface area contributed by atoms with E-state index in [4.69, 9.17) is 4.74 Å². The number of nitro benzene ring substituents is 1. The number of cyclic esters (lactones) is 1. The highest BCUT2D eigenvalue weighted by Crippen LogP contribution is 2.21. The Labute approximate surface area is 129 Å². The molecule has 0 spiro atoms. The number of halogens is 1.